The van der Waals surface area contributed by atoms with E-state index in [-0.39, 0.29) is 5.41 Å². The van der Waals surface area contributed by atoms with Crippen LogP contribution in [0.2, 0.25) is 0 Å². The zero-order chi connectivity index (χ0) is 17.0. The van der Waals surface area contributed by atoms with Crippen molar-refractivity contribution in [3.05, 3.63) is 35.9 Å². The Balaban J connectivity index is 1.70. The largest absolute Gasteiger partial charge is 0.381 e. The topological polar surface area (TPSA) is 36.9 Å². The molecule has 0 aromatic heterocycles. The number of nitrogens with zero attached hydrogens (tertiary/aromatic N) is 2. The Labute approximate surface area is 146 Å². The van der Waals surface area contributed by atoms with Crippen molar-refractivity contribution in [2.24, 2.45) is 10.4 Å². The number of rotatable bonds is 4. The van der Waals surface area contributed by atoms with E-state index < -0.39 is 0 Å². The number of hydrogen-bond acceptors (Lipinski definition) is 2. The summed E-state index contributed by atoms with van der Waals surface area (Å²) >= 11 is 0. The average molecular weight is 329 g/mol. The summed E-state index contributed by atoms with van der Waals surface area (Å²) in [6, 6.07) is 10.7. The third-order valence-electron chi connectivity index (χ3n) is 5.44. The zero-order valence-electron chi connectivity index (χ0n) is 15.3. The van der Waals surface area contributed by atoms with Crippen molar-refractivity contribution in [2.45, 2.75) is 39.0 Å². The van der Waals surface area contributed by atoms with Gasteiger partial charge in [-0.05, 0) is 25.3 Å². The Morgan fingerprint density at radius 2 is 2.08 bits per heavy atom. The molecular weight excluding hydrogens is 298 g/mol. The molecule has 24 heavy (non-hydrogen) atoms. The number of aliphatic imine (C=N–C) groups is 1. The maximum Gasteiger partial charge on any atom is 0.193 e. The summed E-state index contributed by atoms with van der Waals surface area (Å²) in [5.74, 6) is 1.06. The summed E-state index contributed by atoms with van der Waals surface area (Å²) in [4.78, 5) is 7.42. The molecule has 1 aromatic rings. The number of ether oxygens (including phenoxy) is 1. The van der Waals surface area contributed by atoms with Crippen LogP contribution in [0.4, 0.5) is 0 Å². The lowest BCUT2D eigenvalue weighted by Gasteiger charge is -2.27. The fourth-order valence-electron chi connectivity index (χ4n) is 3.77. The molecule has 0 aliphatic carbocycles. The molecular formula is C20H31N3O. The van der Waals surface area contributed by atoms with E-state index in [1.165, 1.54) is 18.4 Å². The quantitative estimate of drug-likeness (QED) is 0.681. The first-order valence-electron chi connectivity index (χ1n) is 9.21. The molecule has 0 radical (unpaired) electrons. The normalized spacial score (nSPS) is 24.8. The summed E-state index contributed by atoms with van der Waals surface area (Å²) in [5.41, 5.74) is 1.74. The fraction of sp³-hybridized carbons (Fsp3) is 0.650. The molecule has 1 atom stereocenters. The van der Waals surface area contributed by atoms with Gasteiger partial charge in [-0.3, -0.25) is 4.99 Å². The molecule has 2 aliphatic heterocycles. The maximum atomic E-state index is 5.66. The van der Waals surface area contributed by atoms with Crippen LogP contribution in [0.5, 0.6) is 0 Å². The molecule has 1 unspecified atom stereocenters. The summed E-state index contributed by atoms with van der Waals surface area (Å²) < 4.78 is 5.66. The van der Waals surface area contributed by atoms with E-state index in [2.05, 4.69) is 61.3 Å². The van der Waals surface area contributed by atoms with Crippen molar-refractivity contribution >= 4 is 5.96 Å². The van der Waals surface area contributed by atoms with Crippen molar-refractivity contribution in [3.8, 4) is 0 Å². The lowest BCUT2D eigenvalue weighted by molar-refractivity contribution is 0.156. The van der Waals surface area contributed by atoms with Crippen LogP contribution in [0, 0.1) is 5.41 Å². The molecule has 2 fully saturated rings. The summed E-state index contributed by atoms with van der Waals surface area (Å²) in [7, 11) is 0. The van der Waals surface area contributed by atoms with E-state index in [1.807, 2.05) is 0 Å². The van der Waals surface area contributed by atoms with Gasteiger partial charge in [0.1, 0.15) is 0 Å². The van der Waals surface area contributed by atoms with Gasteiger partial charge >= 0.3 is 0 Å². The smallest absolute Gasteiger partial charge is 0.193 e. The highest BCUT2D eigenvalue weighted by atomic mass is 16.5. The Bertz CT molecular complexity index is 562. The van der Waals surface area contributed by atoms with Crippen LogP contribution in [-0.2, 0) is 10.2 Å². The number of nitrogens with one attached hydrogen (secondary N) is 1. The second-order valence-corrected chi connectivity index (χ2v) is 7.89. The monoisotopic (exact) mass is 329 g/mol. The minimum atomic E-state index is 0.0375. The molecule has 3 rings (SSSR count). The molecule has 0 amide bonds. The second-order valence-electron chi connectivity index (χ2n) is 7.89. The van der Waals surface area contributed by atoms with Gasteiger partial charge in [0.15, 0.2) is 5.96 Å². The number of benzene rings is 1. The Kier molecular flexibility index (Phi) is 5.14. The van der Waals surface area contributed by atoms with Crippen LogP contribution in [0.15, 0.2) is 35.3 Å². The molecule has 2 saturated heterocycles. The molecule has 4 nitrogen and oxygen atoms in total. The molecule has 1 spiro atoms. The van der Waals surface area contributed by atoms with Crippen molar-refractivity contribution in [1.82, 2.24) is 10.2 Å². The van der Waals surface area contributed by atoms with E-state index in [0.29, 0.717) is 5.41 Å². The molecule has 0 saturated carbocycles. The van der Waals surface area contributed by atoms with E-state index in [0.717, 1.165) is 45.4 Å². The van der Waals surface area contributed by atoms with Gasteiger partial charge in [0.25, 0.3) is 0 Å². The van der Waals surface area contributed by atoms with Gasteiger partial charge in [-0.1, -0.05) is 44.2 Å². The van der Waals surface area contributed by atoms with Gasteiger partial charge in [0.05, 0.1) is 13.2 Å². The summed E-state index contributed by atoms with van der Waals surface area (Å²) in [6.45, 7) is 12.4. The van der Waals surface area contributed by atoms with E-state index in [1.54, 1.807) is 0 Å². The highest BCUT2D eigenvalue weighted by Gasteiger charge is 2.42. The van der Waals surface area contributed by atoms with Gasteiger partial charge < -0.3 is 15.0 Å². The van der Waals surface area contributed by atoms with Gasteiger partial charge in [0, 0.05) is 37.1 Å². The highest BCUT2D eigenvalue weighted by molar-refractivity contribution is 5.80. The lowest BCUT2D eigenvalue weighted by atomic mass is 9.85. The first-order chi connectivity index (χ1) is 11.5. The number of guanidine groups is 1. The van der Waals surface area contributed by atoms with Crippen molar-refractivity contribution in [1.29, 1.82) is 0 Å². The van der Waals surface area contributed by atoms with Gasteiger partial charge in [-0.25, -0.2) is 0 Å². The minimum absolute atomic E-state index is 0.0375. The van der Waals surface area contributed by atoms with Crippen molar-refractivity contribution in [3.63, 3.8) is 0 Å². The summed E-state index contributed by atoms with van der Waals surface area (Å²) in [6.07, 6.45) is 2.41. The summed E-state index contributed by atoms with van der Waals surface area (Å²) in [5, 5.41) is 3.49. The highest BCUT2D eigenvalue weighted by Crippen LogP contribution is 2.38. The number of likely N-dealkylation sites (tertiary alicyclic amines) is 1. The maximum absolute atomic E-state index is 5.66. The molecule has 4 heteroatoms. The molecule has 2 aliphatic rings. The molecule has 1 N–H and O–H groups in total. The van der Waals surface area contributed by atoms with Gasteiger partial charge in [-0.2, -0.15) is 0 Å². The van der Waals surface area contributed by atoms with E-state index in [4.69, 9.17) is 9.73 Å². The molecule has 132 valence electrons. The van der Waals surface area contributed by atoms with E-state index in [9.17, 15) is 0 Å². The molecule has 0 bridgehead atoms. The second kappa shape index (κ2) is 7.14. The fourth-order valence-corrected chi connectivity index (χ4v) is 3.77. The van der Waals surface area contributed by atoms with Crippen molar-refractivity contribution in [2.75, 3.05) is 39.4 Å². The third-order valence-corrected chi connectivity index (χ3v) is 5.44. The van der Waals surface area contributed by atoms with Gasteiger partial charge in [0.2, 0.25) is 0 Å². The van der Waals surface area contributed by atoms with Crippen molar-refractivity contribution < 1.29 is 4.74 Å². The SMILES string of the molecule is CCNC(=NCC(C)(C)c1ccccc1)N1CCC2(CCOC2)C1. The molecule has 2 heterocycles. The van der Waals surface area contributed by atoms with Crippen LogP contribution in [-0.4, -0.2) is 50.3 Å². The van der Waals surface area contributed by atoms with Crippen LogP contribution in [0.1, 0.15) is 39.2 Å². The first-order valence-corrected chi connectivity index (χ1v) is 9.21. The standard InChI is InChI=1S/C20H31N3O/c1-4-21-18(23-12-10-20(15-23)11-13-24-16-20)22-14-19(2,3)17-8-6-5-7-9-17/h5-9H,4,10-16H2,1-3H3,(H,21,22). The van der Waals surface area contributed by atoms with Crippen LogP contribution < -0.4 is 5.32 Å². The predicted molar refractivity (Wildman–Crippen MR) is 99.5 cm³/mol. The third kappa shape index (κ3) is 3.75. The Morgan fingerprint density at radius 1 is 1.29 bits per heavy atom. The average Bonchev–Trinajstić information content (AvgIpc) is 3.23. The Morgan fingerprint density at radius 3 is 2.75 bits per heavy atom. The number of hydrogen-bond donors (Lipinski definition) is 1. The Hall–Kier alpha value is -1.55. The van der Waals surface area contributed by atoms with Crippen LogP contribution in [0.3, 0.4) is 0 Å². The predicted octanol–water partition coefficient (Wildman–Crippen LogP) is 3.04. The first kappa shape index (κ1) is 17.3. The zero-order valence-corrected chi connectivity index (χ0v) is 15.3. The lowest BCUT2D eigenvalue weighted by Crippen LogP contribution is -2.42. The van der Waals surface area contributed by atoms with Gasteiger partial charge in [-0.15, -0.1) is 0 Å². The molecule has 1 aromatic carbocycles. The van der Waals surface area contributed by atoms with E-state index >= 15 is 0 Å². The van der Waals surface area contributed by atoms with Crippen LogP contribution in [0.25, 0.3) is 0 Å². The minimum Gasteiger partial charge on any atom is -0.381 e. The van der Waals surface area contributed by atoms with Crippen LogP contribution >= 0.6 is 0 Å².